The smallest absolute Gasteiger partial charge is 0.265 e. The van der Waals surface area contributed by atoms with E-state index in [1.807, 2.05) is 23.1 Å². The van der Waals surface area contributed by atoms with Crippen molar-refractivity contribution in [2.75, 3.05) is 26.4 Å². The molecule has 1 amide bonds. The van der Waals surface area contributed by atoms with E-state index in [-0.39, 0.29) is 25.1 Å². The van der Waals surface area contributed by atoms with Gasteiger partial charge in [0.05, 0.1) is 6.20 Å². The first kappa shape index (κ1) is 17.0. The number of amides is 1. The highest BCUT2D eigenvalue weighted by atomic mass is 35.5. The summed E-state index contributed by atoms with van der Waals surface area (Å²) in [7, 11) is 0. The van der Waals surface area contributed by atoms with Gasteiger partial charge in [0.25, 0.3) is 5.91 Å². The van der Waals surface area contributed by atoms with Gasteiger partial charge in [0.1, 0.15) is 9.88 Å². The summed E-state index contributed by atoms with van der Waals surface area (Å²) >= 11 is 1.41. The number of rotatable bonds is 3. The topological polar surface area (TPSA) is 77.7 Å². The second-order valence-electron chi connectivity index (χ2n) is 5.74. The van der Waals surface area contributed by atoms with Gasteiger partial charge in [-0.05, 0) is 37.1 Å². The van der Waals surface area contributed by atoms with Crippen molar-refractivity contribution < 1.29 is 14.3 Å². The summed E-state index contributed by atoms with van der Waals surface area (Å²) in [5, 5.41) is 0.807. The molecule has 1 aromatic carbocycles. The van der Waals surface area contributed by atoms with Crippen molar-refractivity contribution in [1.29, 1.82) is 0 Å². The molecule has 24 heavy (non-hydrogen) atoms. The fourth-order valence-corrected chi connectivity index (χ4v) is 3.78. The molecule has 1 aromatic heterocycles. The number of fused-ring (bicyclic) bond motifs is 1. The Morgan fingerprint density at radius 3 is 3.00 bits per heavy atom. The van der Waals surface area contributed by atoms with Crippen molar-refractivity contribution in [2.45, 2.75) is 6.42 Å². The number of carbonyl (C=O) groups excluding carboxylic acids is 1. The van der Waals surface area contributed by atoms with Gasteiger partial charge < -0.3 is 20.1 Å². The number of nitrogens with two attached hydrogens (primary N) is 1. The van der Waals surface area contributed by atoms with Crippen molar-refractivity contribution in [1.82, 2.24) is 9.88 Å². The van der Waals surface area contributed by atoms with Crippen molar-refractivity contribution in [3.05, 3.63) is 29.3 Å². The van der Waals surface area contributed by atoms with Crippen LogP contribution >= 0.6 is 23.7 Å². The van der Waals surface area contributed by atoms with Crippen molar-refractivity contribution in [3.8, 4) is 22.1 Å². The van der Waals surface area contributed by atoms with Crippen LogP contribution in [0.1, 0.15) is 16.1 Å². The lowest BCUT2D eigenvalue weighted by molar-refractivity contribution is 0.0792. The predicted molar refractivity (Wildman–Crippen MR) is 94.0 cm³/mol. The van der Waals surface area contributed by atoms with E-state index in [1.165, 1.54) is 11.3 Å². The van der Waals surface area contributed by atoms with Gasteiger partial charge in [0.2, 0.25) is 6.79 Å². The number of carbonyl (C=O) groups is 1. The molecule has 128 valence electrons. The standard InChI is InChI=1S/C16H17N3O3S.ClH/c17-6-10-3-4-19(8-10)16(20)14-7-18-15(23-14)11-1-2-12-13(5-11)22-9-21-12;/h1-2,5,7,10H,3-4,6,8-9,17H2;1H. The Balaban J connectivity index is 0.00000169. The molecule has 0 bridgehead atoms. The minimum atomic E-state index is 0. The minimum Gasteiger partial charge on any atom is -0.454 e. The van der Waals surface area contributed by atoms with Crippen LogP contribution < -0.4 is 15.2 Å². The van der Waals surface area contributed by atoms with Gasteiger partial charge in [-0.15, -0.1) is 23.7 Å². The SMILES string of the molecule is Cl.NCC1CCN(C(=O)c2cnc(-c3ccc4c(c3)OCO4)s2)C1. The molecule has 1 saturated heterocycles. The van der Waals surface area contributed by atoms with E-state index in [4.69, 9.17) is 15.2 Å². The second kappa shape index (κ2) is 6.96. The summed E-state index contributed by atoms with van der Waals surface area (Å²) in [6.45, 7) is 2.40. The maximum atomic E-state index is 12.6. The average Bonchev–Trinajstić information content (AvgIpc) is 3.32. The number of aromatic nitrogens is 1. The molecule has 1 atom stereocenters. The average molecular weight is 368 g/mol. The molecule has 0 spiro atoms. The molecule has 8 heteroatoms. The maximum absolute atomic E-state index is 12.6. The van der Waals surface area contributed by atoms with E-state index in [0.29, 0.717) is 17.3 Å². The van der Waals surface area contributed by atoms with Gasteiger partial charge in [-0.3, -0.25) is 4.79 Å². The monoisotopic (exact) mass is 367 g/mol. The van der Waals surface area contributed by atoms with Crippen LogP contribution in [0.25, 0.3) is 10.6 Å². The highest BCUT2D eigenvalue weighted by Gasteiger charge is 2.27. The van der Waals surface area contributed by atoms with Gasteiger partial charge in [0.15, 0.2) is 11.5 Å². The van der Waals surface area contributed by atoms with E-state index in [0.717, 1.165) is 41.6 Å². The van der Waals surface area contributed by atoms with E-state index in [1.54, 1.807) is 6.20 Å². The highest BCUT2D eigenvalue weighted by Crippen LogP contribution is 2.37. The maximum Gasteiger partial charge on any atom is 0.265 e. The fraction of sp³-hybridized carbons (Fsp3) is 0.375. The molecule has 0 aliphatic carbocycles. The van der Waals surface area contributed by atoms with Gasteiger partial charge in [-0.2, -0.15) is 0 Å². The lowest BCUT2D eigenvalue weighted by Crippen LogP contribution is -2.29. The molecule has 1 fully saturated rings. The highest BCUT2D eigenvalue weighted by molar-refractivity contribution is 7.16. The van der Waals surface area contributed by atoms with Crippen LogP contribution in [0.5, 0.6) is 11.5 Å². The Labute approximate surface area is 150 Å². The number of likely N-dealkylation sites (tertiary alicyclic amines) is 1. The van der Waals surface area contributed by atoms with E-state index in [2.05, 4.69) is 4.98 Å². The third-order valence-corrected chi connectivity index (χ3v) is 5.28. The molecule has 1 unspecified atom stereocenters. The third kappa shape index (κ3) is 3.07. The molecule has 2 aliphatic heterocycles. The molecular formula is C16H18ClN3O3S. The van der Waals surface area contributed by atoms with Gasteiger partial charge >= 0.3 is 0 Å². The lowest BCUT2D eigenvalue weighted by atomic mass is 10.1. The summed E-state index contributed by atoms with van der Waals surface area (Å²) < 4.78 is 10.7. The molecule has 4 rings (SSSR count). The number of nitrogens with zero attached hydrogens (tertiary/aromatic N) is 2. The molecule has 0 saturated carbocycles. The molecule has 0 radical (unpaired) electrons. The summed E-state index contributed by atoms with van der Waals surface area (Å²) in [5.41, 5.74) is 6.62. The number of benzene rings is 1. The Morgan fingerprint density at radius 2 is 2.21 bits per heavy atom. The van der Waals surface area contributed by atoms with E-state index in [9.17, 15) is 4.79 Å². The van der Waals surface area contributed by atoms with Gasteiger partial charge in [-0.1, -0.05) is 0 Å². The minimum absolute atomic E-state index is 0. The molecule has 2 aromatic rings. The number of thiazole rings is 1. The predicted octanol–water partition coefficient (Wildman–Crippen LogP) is 2.38. The quantitative estimate of drug-likeness (QED) is 0.901. The van der Waals surface area contributed by atoms with Crippen LogP contribution in [-0.4, -0.2) is 42.2 Å². The second-order valence-corrected chi connectivity index (χ2v) is 6.77. The number of hydrogen-bond acceptors (Lipinski definition) is 6. The first-order valence-corrected chi connectivity index (χ1v) is 8.41. The Morgan fingerprint density at radius 1 is 1.38 bits per heavy atom. The van der Waals surface area contributed by atoms with E-state index >= 15 is 0 Å². The van der Waals surface area contributed by atoms with Gasteiger partial charge in [0, 0.05) is 18.7 Å². The zero-order valence-corrected chi connectivity index (χ0v) is 14.6. The Bertz CT molecular complexity index is 752. The van der Waals surface area contributed by atoms with Crippen molar-refractivity contribution in [3.63, 3.8) is 0 Å². The van der Waals surface area contributed by atoms with Crippen molar-refractivity contribution >= 4 is 29.7 Å². The zero-order chi connectivity index (χ0) is 15.8. The largest absolute Gasteiger partial charge is 0.454 e. The lowest BCUT2D eigenvalue weighted by Gasteiger charge is -2.14. The third-order valence-electron chi connectivity index (χ3n) is 4.24. The summed E-state index contributed by atoms with van der Waals surface area (Å²) in [5.74, 6) is 1.92. The van der Waals surface area contributed by atoms with Crippen LogP contribution in [0.4, 0.5) is 0 Å². The number of halogens is 1. The zero-order valence-electron chi connectivity index (χ0n) is 12.9. The molecule has 2 aliphatic rings. The van der Waals surface area contributed by atoms with Crippen LogP contribution in [-0.2, 0) is 0 Å². The first-order valence-electron chi connectivity index (χ1n) is 7.60. The number of hydrogen-bond donors (Lipinski definition) is 1. The molecule has 6 nitrogen and oxygen atoms in total. The number of ether oxygens (including phenoxy) is 2. The van der Waals surface area contributed by atoms with Crippen molar-refractivity contribution in [2.24, 2.45) is 11.7 Å². The van der Waals surface area contributed by atoms with E-state index < -0.39 is 0 Å². The van der Waals surface area contributed by atoms with Crippen LogP contribution in [0, 0.1) is 5.92 Å². The summed E-state index contributed by atoms with van der Waals surface area (Å²) in [4.78, 5) is 19.5. The normalized spacial score (nSPS) is 18.5. The van der Waals surface area contributed by atoms with Crippen LogP contribution in [0.2, 0.25) is 0 Å². The summed E-state index contributed by atoms with van der Waals surface area (Å²) in [6.07, 6.45) is 2.64. The Kier molecular flexibility index (Phi) is 4.93. The van der Waals surface area contributed by atoms with Crippen LogP contribution in [0.3, 0.4) is 0 Å². The molecular weight excluding hydrogens is 350 g/mol. The first-order chi connectivity index (χ1) is 11.2. The Hall–Kier alpha value is -1.83. The summed E-state index contributed by atoms with van der Waals surface area (Å²) in [6, 6.07) is 5.70. The molecule has 3 heterocycles. The molecule has 2 N–H and O–H groups in total. The fourth-order valence-electron chi connectivity index (χ4n) is 2.90. The van der Waals surface area contributed by atoms with Crippen LogP contribution in [0.15, 0.2) is 24.4 Å². The van der Waals surface area contributed by atoms with Gasteiger partial charge in [-0.25, -0.2) is 4.98 Å².